The number of benzene rings is 1. The average molecular weight is 415 g/mol. The molecule has 1 atom stereocenters. The second-order valence-electron chi connectivity index (χ2n) is 7.30. The molecular formula is C21H26FN5O3. The van der Waals surface area contributed by atoms with Crippen LogP contribution in [0.3, 0.4) is 0 Å². The minimum Gasteiger partial charge on any atom is -0.490 e. The number of anilines is 1. The molecule has 0 radical (unpaired) electrons. The number of amides is 1. The lowest BCUT2D eigenvalue weighted by molar-refractivity contribution is 0.0934. The predicted octanol–water partition coefficient (Wildman–Crippen LogP) is 2.42. The van der Waals surface area contributed by atoms with Gasteiger partial charge in [-0.05, 0) is 26.8 Å². The summed E-state index contributed by atoms with van der Waals surface area (Å²) >= 11 is 0. The third-order valence-electron chi connectivity index (χ3n) is 4.75. The molecule has 2 heterocycles. The molecule has 0 bridgehead atoms. The van der Waals surface area contributed by atoms with Gasteiger partial charge in [0, 0.05) is 30.4 Å². The second kappa shape index (κ2) is 8.66. The Bertz CT molecular complexity index is 1080. The fraction of sp³-hybridized carbons (Fsp3) is 0.381. The van der Waals surface area contributed by atoms with Crippen LogP contribution in [0.15, 0.2) is 24.5 Å². The summed E-state index contributed by atoms with van der Waals surface area (Å²) in [6, 6.07) is 2.84. The molecule has 8 nitrogen and oxygen atoms in total. The third-order valence-corrected chi connectivity index (χ3v) is 4.75. The smallest absolute Gasteiger partial charge is 0.258 e. The molecular weight excluding hydrogens is 389 g/mol. The van der Waals surface area contributed by atoms with E-state index in [1.54, 1.807) is 32.3 Å². The van der Waals surface area contributed by atoms with E-state index >= 15 is 0 Å². The fourth-order valence-corrected chi connectivity index (χ4v) is 3.46. The number of hydrogen-bond donors (Lipinski definition) is 3. The fourth-order valence-electron chi connectivity index (χ4n) is 3.46. The van der Waals surface area contributed by atoms with E-state index in [1.807, 2.05) is 18.2 Å². The summed E-state index contributed by atoms with van der Waals surface area (Å²) in [6.07, 6.45) is 3.06. The summed E-state index contributed by atoms with van der Waals surface area (Å²) < 4.78 is 22.4. The van der Waals surface area contributed by atoms with E-state index in [0.717, 1.165) is 5.69 Å². The average Bonchev–Trinajstić information content (AvgIpc) is 3.03. The van der Waals surface area contributed by atoms with E-state index in [9.17, 15) is 9.18 Å². The van der Waals surface area contributed by atoms with Crippen LogP contribution in [0.5, 0.6) is 5.75 Å². The minimum absolute atomic E-state index is 0.00946. The molecule has 3 aromatic rings. The molecule has 0 spiro atoms. The van der Waals surface area contributed by atoms with Gasteiger partial charge in [-0.2, -0.15) is 0 Å². The minimum atomic E-state index is -0.699. The molecule has 0 aliphatic carbocycles. The van der Waals surface area contributed by atoms with E-state index < -0.39 is 11.7 Å². The van der Waals surface area contributed by atoms with E-state index in [4.69, 9.17) is 15.6 Å². The number of aryl methyl sites for hydroxylation is 1. The molecule has 0 aliphatic rings. The highest BCUT2D eigenvalue weighted by atomic mass is 19.1. The molecule has 1 amide bonds. The first kappa shape index (κ1) is 21.5. The highest BCUT2D eigenvalue weighted by molar-refractivity contribution is 5.97. The summed E-state index contributed by atoms with van der Waals surface area (Å²) in [4.78, 5) is 21.4. The Morgan fingerprint density at radius 2 is 2.10 bits per heavy atom. The zero-order chi connectivity index (χ0) is 22.0. The van der Waals surface area contributed by atoms with E-state index in [0.29, 0.717) is 22.7 Å². The molecule has 2 aromatic heterocycles. The summed E-state index contributed by atoms with van der Waals surface area (Å²) in [6.45, 7) is 7.11. The van der Waals surface area contributed by atoms with Crippen LogP contribution in [0.2, 0.25) is 0 Å². The lowest BCUT2D eigenvalue weighted by Crippen LogP contribution is -2.28. The Kier molecular flexibility index (Phi) is 6.21. The van der Waals surface area contributed by atoms with Crippen molar-refractivity contribution in [2.75, 3.05) is 18.9 Å². The van der Waals surface area contributed by atoms with Crippen molar-refractivity contribution in [3.8, 4) is 5.75 Å². The molecule has 0 fully saturated rings. The van der Waals surface area contributed by atoms with Crippen molar-refractivity contribution in [2.24, 2.45) is 0 Å². The van der Waals surface area contributed by atoms with Crippen molar-refractivity contribution in [3.05, 3.63) is 53.0 Å². The summed E-state index contributed by atoms with van der Waals surface area (Å²) in [7, 11) is 0. The Morgan fingerprint density at radius 3 is 2.77 bits per heavy atom. The summed E-state index contributed by atoms with van der Waals surface area (Å²) in [5.41, 5.74) is 7.86. The van der Waals surface area contributed by atoms with Crippen molar-refractivity contribution in [2.45, 2.75) is 39.7 Å². The Balaban J connectivity index is 2.18. The number of aliphatic hydroxyl groups is 1. The van der Waals surface area contributed by atoms with Gasteiger partial charge in [-0.1, -0.05) is 13.0 Å². The van der Waals surface area contributed by atoms with Gasteiger partial charge in [0.1, 0.15) is 34.3 Å². The number of carbonyl (C=O) groups excluding carboxylic acids is 1. The van der Waals surface area contributed by atoms with Crippen LogP contribution in [0.1, 0.15) is 54.1 Å². The maximum Gasteiger partial charge on any atom is 0.258 e. The van der Waals surface area contributed by atoms with Gasteiger partial charge in [0.2, 0.25) is 0 Å². The maximum atomic E-state index is 14.7. The first-order valence-electron chi connectivity index (χ1n) is 9.73. The molecule has 0 saturated carbocycles. The maximum absolute atomic E-state index is 14.7. The largest absolute Gasteiger partial charge is 0.490 e. The number of ether oxygens (including phenoxy) is 1. The van der Waals surface area contributed by atoms with E-state index in [-0.39, 0.29) is 36.5 Å². The lowest BCUT2D eigenvalue weighted by atomic mass is 9.95. The van der Waals surface area contributed by atoms with Crippen LogP contribution in [0.4, 0.5) is 10.2 Å². The molecule has 4 N–H and O–H groups in total. The zero-order valence-electron chi connectivity index (χ0n) is 17.4. The molecule has 160 valence electrons. The molecule has 9 heteroatoms. The number of rotatable bonds is 7. The summed E-state index contributed by atoms with van der Waals surface area (Å²) in [5, 5.41) is 11.5. The third kappa shape index (κ3) is 3.93. The number of nitrogens with zero attached hydrogens (tertiary/aromatic N) is 3. The van der Waals surface area contributed by atoms with Gasteiger partial charge in [0.25, 0.3) is 5.91 Å². The number of aliphatic hydroxyl groups excluding tert-OH is 1. The van der Waals surface area contributed by atoms with Crippen molar-refractivity contribution in [1.82, 2.24) is 19.7 Å². The Labute approximate surface area is 173 Å². The van der Waals surface area contributed by atoms with Gasteiger partial charge in [-0.25, -0.2) is 14.4 Å². The van der Waals surface area contributed by atoms with Crippen LogP contribution in [0.25, 0.3) is 5.52 Å². The number of hydrogen-bond acceptors (Lipinski definition) is 6. The number of halogens is 1. The number of aromatic nitrogens is 3. The second-order valence-corrected chi connectivity index (χ2v) is 7.30. The Morgan fingerprint density at radius 1 is 1.37 bits per heavy atom. The van der Waals surface area contributed by atoms with Gasteiger partial charge < -0.3 is 20.9 Å². The first-order valence-corrected chi connectivity index (χ1v) is 9.73. The number of imidazole rings is 1. The number of fused-ring (bicyclic) bond motifs is 1. The lowest BCUT2D eigenvalue weighted by Gasteiger charge is -2.21. The van der Waals surface area contributed by atoms with Gasteiger partial charge in [-0.3, -0.25) is 9.20 Å². The van der Waals surface area contributed by atoms with Crippen molar-refractivity contribution < 1.29 is 19.0 Å². The zero-order valence-corrected chi connectivity index (χ0v) is 17.4. The number of nitrogens with one attached hydrogen (secondary N) is 1. The van der Waals surface area contributed by atoms with Crippen LogP contribution < -0.4 is 15.8 Å². The quantitative estimate of drug-likeness (QED) is 0.546. The monoisotopic (exact) mass is 415 g/mol. The number of nitrogen functional groups attached to an aromatic ring is 1. The van der Waals surface area contributed by atoms with Crippen molar-refractivity contribution >= 4 is 17.2 Å². The van der Waals surface area contributed by atoms with Crippen LogP contribution in [0, 0.1) is 12.7 Å². The van der Waals surface area contributed by atoms with E-state index in [2.05, 4.69) is 15.3 Å². The molecule has 3 rings (SSSR count). The molecule has 1 aromatic carbocycles. The number of carbonyl (C=O) groups is 1. The van der Waals surface area contributed by atoms with Gasteiger partial charge in [0.05, 0.1) is 18.4 Å². The molecule has 0 saturated heterocycles. The predicted molar refractivity (Wildman–Crippen MR) is 111 cm³/mol. The summed E-state index contributed by atoms with van der Waals surface area (Å²) in [5.74, 6) is -0.504. The topological polar surface area (TPSA) is 115 Å². The Hall–Kier alpha value is -3.20. The molecule has 30 heavy (non-hydrogen) atoms. The first-order chi connectivity index (χ1) is 14.3. The van der Waals surface area contributed by atoms with Gasteiger partial charge in [-0.15, -0.1) is 0 Å². The normalized spacial score (nSPS) is 12.4. The highest BCUT2D eigenvalue weighted by Gasteiger charge is 2.27. The van der Waals surface area contributed by atoms with Crippen LogP contribution in [-0.4, -0.2) is 44.6 Å². The van der Waals surface area contributed by atoms with Gasteiger partial charge >= 0.3 is 0 Å². The number of nitrogens with two attached hydrogens (primary N) is 1. The van der Waals surface area contributed by atoms with E-state index in [1.165, 1.54) is 6.07 Å². The van der Waals surface area contributed by atoms with Crippen LogP contribution >= 0.6 is 0 Å². The molecule has 0 aliphatic heterocycles. The van der Waals surface area contributed by atoms with Crippen molar-refractivity contribution in [3.63, 3.8) is 0 Å². The van der Waals surface area contributed by atoms with Crippen LogP contribution in [-0.2, 0) is 0 Å². The highest BCUT2D eigenvalue weighted by Crippen LogP contribution is 2.37. The standard InChI is InChI=1S/C21H26FN5O3/c1-11(2)30-18-14(5-6-15(22)16(18)21(29)25-8-10-28)12(3)20-26-13(4)17-19(23)24-7-9-27(17)20/h5-7,9,11-12,28H,8,10H2,1-4H3,(H2,23,24)(H,25,29). The SMILES string of the molecule is Cc1nc(C(C)c2ccc(F)c(C(=O)NCCO)c2OC(C)C)n2ccnc(N)c12. The molecule has 1 unspecified atom stereocenters. The van der Waals surface area contributed by atoms with Gasteiger partial charge in [0.15, 0.2) is 0 Å². The van der Waals surface area contributed by atoms with Crippen molar-refractivity contribution in [1.29, 1.82) is 0 Å².